The third-order valence-electron chi connectivity index (χ3n) is 4.74. The molecule has 0 saturated heterocycles. The van der Waals surface area contributed by atoms with Gasteiger partial charge in [-0.25, -0.2) is 9.18 Å². The van der Waals surface area contributed by atoms with Crippen LogP contribution in [0, 0.1) is 6.92 Å². The largest absolute Gasteiger partial charge is 0.384 e. The summed E-state index contributed by atoms with van der Waals surface area (Å²) in [5.41, 5.74) is 8.40. The molecule has 0 spiro atoms. The summed E-state index contributed by atoms with van der Waals surface area (Å²) in [6, 6.07) is 9.37. The molecule has 0 amide bonds. The topological polar surface area (TPSA) is 82.5 Å². The number of nitrogens with zero attached hydrogens (tertiary/aromatic N) is 3. The van der Waals surface area contributed by atoms with Crippen LogP contribution >= 0.6 is 0 Å². The predicted octanol–water partition coefficient (Wildman–Crippen LogP) is 3.23. The van der Waals surface area contributed by atoms with Gasteiger partial charge in [-0.3, -0.25) is 4.68 Å². The van der Waals surface area contributed by atoms with Gasteiger partial charge < -0.3 is 10.6 Å². The minimum Gasteiger partial charge on any atom is -0.384 e. The number of hydrogen-bond acceptors (Lipinski definition) is 4. The number of benzene rings is 1. The molecular weight excluding hydrogens is 335 g/mol. The van der Waals surface area contributed by atoms with Crippen LogP contribution in [-0.2, 0) is 23.5 Å². The van der Waals surface area contributed by atoms with Crippen molar-refractivity contribution < 1.29 is 14.0 Å². The fraction of sp³-hybridized carbons (Fsp3) is 0.421. The first-order valence-electron chi connectivity index (χ1n) is 8.76. The van der Waals surface area contributed by atoms with Gasteiger partial charge in [-0.15, -0.1) is 0 Å². The summed E-state index contributed by atoms with van der Waals surface area (Å²) < 4.78 is 14.3. The minimum atomic E-state index is -0.737. The lowest BCUT2D eigenvalue weighted by molar-refractivity contribution is 0.0499. The summed E-state index contributed by atoms with van der Waals surface area (Å²) >= 11 is 0. The second-order valence-corrected chi connectivity index (χ2v) is 6.63. The Bertz CT molecular complexity index is 840. The first kappa shape index (κ1) is 18.1. The lowest BCUT2D eigenvalue weighted by Gasteiger charge is -2.16. The molecule has 3 rings (SSSR count). The summed E-state index contributed by atoms with van der Waals surface area (Å²) in [6.07, 6.45) is 2.49. The molecule has 1 aromatic carbocycles. The van der Waals surface area contributed by atoms with Gasteiger partial charge in [-0.05, 0) is 43.4 Å². The Morgan fingerprint density at radius 1 is 1.42 bits per heavy atom. The van der Waals surface area contributed by atoms with Crippen molar-refractivity contribution >= 4 is 11.8 Å². The van der Waals surface area contributed by atoms with Gasteiger partial charge in [-0.2, -0.15) is 5.10 Å². The van der Waals surface area contributed by atoms with Gasteiger partial charge in [0.2, 0.25) is 0 Å². The van der Waals surface area contributed by atoms with E-state index in [0.29, 0.717) is 6.54 Å². The maximum atomic E-state index is 12.9. The van der Waals surface area contributed by atoms with Crippen LogP contribution in [0.1, 0.15) is 53.5 Å². The number of hydrogen-bond donors (Lipinski definition) is 1. The summed E-state index contributed by atoms with van der Waals surface area (Å²) in [6.45, 7) is 3.73. The molecule has 1 aliphatic carbocycles. The number of nitrogens with two attached hydrogens (primary N) is 1. The lowest BCUT2D eigenvalue weighted by atomic mass is 9.91. The highest BCUT2D eigenvalue weighted by Crippen LogP contribution is 2.49. The van der Waals surface area contributed by atoms with E-state index < -0.39 is 12.6 Å². The minimum absolute atomic E-state index is 0.178. The molecule has 0 bridgehead atoms. The Balaban J connectivity index is 1.78. The molecule has 0 aliphatic heterocycles. The molecular formula is C19H23FN4O2. The number of aromatic nitrogens is 2. The highest BCUT2D eigenvalue weighted by atomic mass is 19.1. The van der Waals surface area contributed by atoms with Crippen molar-refractivity contribution in [3.8, 4) is 0 Å². The van der Waals surface area contributed by atoms with Crippen molar-refractivity contribution in [2.75, 3.05) is 0 Å². The van der Waals surface area contributed by atoms with E-state index in [2.05, 4.69) is 10.3 Å². The maximum Gasteiger partial charge on any atom is 0.383 e. The average molecular weight is 358 g/mol. The van der Waals surface area contributed by atoms with Crippen molar-refractivity contribution in [1.82, 2.24) is 9.78 Å². The Morgan fingerprint density at radius 2 is 2.15 bits per heavy atom. The van der Waals surface area contributed by atoms with E-state index in [9.17, 15) is 9.18 Å². The van der Waals surface area contributed by atoms with E-state index in [1.807, 2.05) is 38.1 Å². The van der Waals surface area contributed by atoms with Gasteiger partial charge in [0.1, 0.15) is 12.4 Å². The molecule has 1 heterocycles. The third kappa shape index (κ3) is 3.34. The molecule has 1 fully saturated rings. The Hall–Kier alpha value is -2.70. The number of halogens is 1. The van der Waals surface area contributed by atoms with Crippen LogP contribution in [0.3, 0.4) is 0 Å². The van der Waals surface area contributed by atoms with Gasteiger partial charge >= 0.3 is 5.97 Å². The molecule has 138 valence electrons. The van der Waals surface area contributed by atoms with E-state index in [1.54, 1.807) is 0 Å². The first-order chi connectivity index (χ1) is 12.5. The van der Waals surface area contributed by atoms with Crippen molar-refractivity contribution in [1.29, 1.82) is 0 Å². The number of carbonyl (C=O) groups excluding carboxylic acids is 1. The molecule has 26 heavy (non-hydrogen) atoms. The van der Waals surface area contributed by atoms with Gasteiger partial charge in [0.15, 0.2) is 5.84 Å². The van der Waals surface area contributed by atoms with Crippen LogP contribution in [0.4, 0.5) is 4.39 Å². The Kier molecular flexibility index (Phi) is 5.06. The third-order valence-corrected chi connectivity index (χ3v) is 4.74. The fourth-order valence-electron chi connectivity index (χ4n) is 3.21. The highest BCUT2D eigenvalue weighted by molar-refractivity contribution is 5.95. The smallest absolute Gasteiger partial charge is 0.383 e. The summed E-state index contributed by atoms with van der Waals surface area (Å²) in [5, 5.41) is 7.95. The van der Waals surface area contributed by atoms with E-state index in [0.717, 1.165) is 30.4 Å². The van der Waals surface area contributed by atoms with Crippen LogP contribution in [0.5, 0.6) is 0 Å². The maximum absolute atomic E-state index is 12.9. The zero-order valence-electron chi connectivity index (χ0n) is 15.0. The second-order valence-electron chi connectivity index (χ2n) is 6.63. The number of rotatable bonds is 7. The number of aryl methyl sites for hydroxylation is 2. The number of carbonyl (C=O) groups is 1. The summed E-state index contributed by atoms with van der Waals surface area (Å²) in [4.78, 5) is 17.4. The molecule has 2 N–H and O–H groups in total. The van der Waals surface area contributed by atoms with E-state index in [4.69, 9.17) is 10.6 Å². The first-order valence-corrected chi connectivity index (χ1v) is 8.76. The predicted molar refractivity (Wildman–Crippen MR) is 96.5 cm³/mol. The van der Waals surface area contributed by atoms with Crippen molar-refractivity contribution in [3.05, 3.63) is 52.8 Å². The van der Waals surface area contributed by atoms with Crippen LogP contribution < -0.4 is 5.73 Å². The number of amidine groups is 1. The molecule has 0 unspecified atom stereocenters. The number of alkyl halides is 1. The summed E-state index contributed by atoms with van der Waals surface area (Å²) in [5.74, 6) is -0.401. The molecule has 2 aromatic rings. The normalized spacial score (nSPS) is 15.7. The second kappa shape index (κ2) is 7.27. The zero-order valence-corrected chi connectivity index (χ0v) is 15.0. The molecule has 7 heteroatoms. The number of oxime groups is 1. The zero-order chi connectivity index (χ0) is 18.7. The lowest BCUT2D eigenvalue weighted by Crippen LogP contribution is -2.30. The molecule has 1 saturated carbocycles. The molecule has 1 aliphatic rings. The van der Waals surface area contributed by atoms with Crippen LogP contribution in [-0.4, -0.2) is 21.6 Å². The van der Waals surface area contributed by atoms with Gasteiger partial charge in [0.25, 0.3) is 0 Å². The van der Waals surface area contributed by atoms with Crippen LogP contribution in [0.15, 0.2) is 35.5 Å². The van der Waals surface area contributed by atoms with Gasteiger partial charge in [-0.1, -0.05) is 36.3 Å². The van der Waals surface area contributed by atoms with Crippen molar-refractivity contribution in [3.63, 3.8) is 0 Å². The Morgan fingerprint density at radius 3 is 2.77 bits per heavy atom. The van der Waals surface area contributed by atoms with Gasteiger partial charge in [0.05, 0.1) is 11.1 Å². The average Bonchev–Trinajstić information content (AvgIpc) is 3.34. The standard InChI is InChI=1S/C19H23FN4O2/c1-3-10-24-16(11-14(12-20)22-24)17(25)26-23-18(21)19(8-9-19)15-7-5-4-6-13(15)2/h4-7,11H,3,8-10,12H2,1-2H3,(H2,21,23). The van der Waals surface area contributed by atoms with Gasteiger partial charge in [0, 0.05) is 6.54 Å². The molecule has 0 radical (unpaired) electrons. The van der Waals surface area contributed by atoms with Crippen LogP contribution in [0.25, 0.3) is 0 Å². The molecule has 1 aromatic heterocycles. The Labute approximate surface area is 151 Å². The van der Waals surface area contributed by atoms with Crippen LogP contribution in [0.2, 0.25) is 0 Å². The monoisotopic (exact) mass is 358 g/mol. The highest BCUT2D eigenvalue weighted by Gasteiger charge is 2.49. The molecule has 0 atom stereocenters. The summed E-state index contributed by atoms with van der Waals surface area (Å²) in [7, 11) is 0. The quantitative estimate of drug-likeness (QED) is 0.356. The van der Waals surface area contributed by atoms with E-state index >= 15 is 0 Å². The molecule has 6 nitrogen and oxygen atoms in total. The van der Waals surface area contributed by atoms with Crippen molar-refractivity contribution in [2.24, 2.45) is 10.9 Å². The fourth-order valence-corrected chi connectivity index (χ4v) is 3.21. The SMILES string of the molecule is CCCn1nc(CF)cc1C(=O)O/N=C(\N)C1(c2ccccc2C)CC1. The van der Waals surface area contributed by atoms with Crippen molar-refractivity contribution in [2.45, 2.75) is 51.7 Å². The van der Waals surface area contributed by atoms with E-state index in [-0.39, 0.29) is 22.6 Å². The van der Waals surface area contributed by atoms with E-state index in [1.165, 1.54) is 10.7 Å².